The van der Waals surface area contributed by atoms with E-state index in [2.05, 4.69) is 16.4 Å². The molecule has 2 fully saturated rings. The van der Waals surface area contributed by atoms with Gasteiger partial charge in [0, 0.05) is 22.6 Å². The van der Waals surface area contributed by atoms with E-state index in [1.54, 1.807) is 0 Å². The Morgan fingerprint density at radius 3 is 2.70 bits per heavy atom. The Bertz CT molecular complexity index is 785. The molecule has 2 aliphatic carbocycles. The van der Waals surface area contributed by atoms with Crippen LogP contribution in [0.3, 0.4) is 0 Å². The lowest BCUT2D eigenvalue weighted by Crippen LogP contribution is -2.23. The number of benzene rings is 1. The smallest absolute Gasteiger partial charge is 0.351 e. The van der Waals surface area contributed by atoms with Crippen LogP contribution in [-0.4, -0.2) is 27.2 Å². The van der Waals surface area contributed by atoms with E-state index in [4.69, 9.17) is 0 Å². The molecule has 23 heavy (non-hydrogen) atoms. The van der Waals surface area contributed by atoms with E-state index in [9.17, 15) is 15.0 Å². The highest BCUT2D eigenvalue weighted by molar-refractivity contribution is 5.86. The van der Waals surface area contributed by atoms with Crippen LogP contribution in [0.1, 0.15) is 49.0 Å². The molecule has 5 heteroatoms. The van der Waals surface area contributed by atoms with Crippen molar-refractivity contribution in [3.05, 3.63) is 47.3 Å². The third-order valence-electron chi connectivity index (χ3n) is 4.52. The number of carbonyl (C=O) groups is 1. The molecule has 0 amide bonds. The summed E-state index contributed by atoms with van der Waals surface area (Å²) >= 11 is 0. The molecule has 1 atom stereocenters. The lowest BCUT2D eigenvalue weighted by molar-refractivity contribution is -0.133. The SMILES string of the molecule is O=C(O)/C(=C\C(O)c1ccc2[nH]c(C3CC3)cc2c1)NC1CC1. The zero-order valence-electron chi connectivity index (χ0n) is 12.7. The molecule has 0 radical (unpaired) electrons. The van der Waals surface area contributed by atoms with E-state index in [0.717, 1.165) is 23.7 Å². The number of carboxylic acids is 1. The van der Waals surface area contributed by atoms with E-state index < -0.39 is 12.1 Å². The fraction of sp³-hybridized carbons (Fsp3) is 0.389. The maximum Gasteiger partial charge on any atom is 0.351 e. The van der Waals surface area contributed by atoms with Crippen molar-refractivity contribution >= 4 is 16.9 Å². The molecule has 120 valence electrons. The first kappa shape index (κ1) is 14.3. The molecule has 1 unspecified atom stereocenters. The summed E-state index contributed by atoms with van der Waals surface area (Å²) in [5.74, 6) is -0.383. The number of fused-ring (bicyclic) bond motifs is 1. The normalized spacial score (nSPS) is 19.8. The summed E-state index contributed by atoms with van der Waals surface area (Å²) < 4.78 is 0. The Balaban J connectivity index is 1.59. The predicted molar refractivity (Wildman–Crippen MR) is 87.1 cm³/mol. The summed E-state index contributed by atoms with van der Waals surface area (Å²) in [5, 5.41) is 23.6. The Hall–Kier alpha value is -2.27. The van der Waals surface area contributed by atoms with Crippen LogP contribution in [0.25, 0.3) is 10.9 Å². The van der Waals surface area contributed by atoms with Gasteiger partial charge >= 0.3 is 5.97 Å². The van der Waals surface area contributed by atoms with E-state index in [1.807, 2.05) is 18.2 Å². The molecule has 1 aromatic carbocycles. The molecule has 2 aromatic rings. The van der Waals surface area contributed by atoms with Gasteiger partial charge in [-0.15, -0.1) is 0 Å². The average molecular weight is 312 g/mol. The van der Waals surface area contributed by atoms with Crippen LogP contribution >= 0.6 is 0 Å². The topological polar surface area (TPSA) is 85.3 Å². The lowest BCUT2D eigenvalue weighted by atomic mass is 10.1. The molecule has 0 spiro atoms. The number of H-pyrrole nitrogens is 1. The number of aromatic nitrogens is 1. The first-order chi connectivity index (χ1) is 11.1. The van der Waals surface area contributed by atoms with Gasteiger partial charge in [-0.1, -0.05) is 6.07 Å². The van der Waals surface area contributed by atoms with Crippen molar-refractivity contribution in [2.24, 2.45) is 0 Å². The minimum Gasteiger partial charge on any atom is -0.477 e. The van der Waals surface area contributed by atoms with Gasteiger partial charge in [0.05, 0.1) is 6.10 Å². The van der Waals surface area contributed by atoms with Gasteiger partial charge in [0.15, 0.2) is 0 Å². The van der Waals surface area contributed by atoms with Crippen LogP contribution in [0.4, 0.5) is 0 Å². The van der Waals surface area contributed by atoms with Gasteiger partial charge in [0.25, 0.3) is 0 Å². The standard InChI is InChI=1S/C18H20N2O3/c21-17(9-16(18(22)23)19-13-4-5-13)11-3-6-14-12(7-11)8-15(20-14)10-1-2-10/h3,6-10,13,17,19-21H,1-2,4-5H2,(H,22,23)/b16-9+. The van der Waals surface area contributed by atoms with E-state index in [1.165, 1.54) is 24.6 Å². The van der Waals surface area contributed by atoms with Gasteiger partial charge in [0.2, 0.25) is 0 Å². The second-order valence-electron chi connectivity index (χ2n) is 6.59. The molecule has 1 aromatic heterocycles. The molecule has 4 N–H and O–H groups in total. The number of nitrogens with one attached hydrogen (secondary N) is 2. The maximum atomic E-state index is 11.3. The van der Waals surface area contributed by atoms with Crippen LogP contribution in [0, 0.1) is 0 Å². The summed E-state index contributed by atoms with van der Waals surface area (Å²) in [6.07, 6.45) is 4.90. The van der Waals surface area contributed by atoms with Crippen molar-refractivity contribution in [3.8, 4) is 0 Å². The zero-order chi connectivity index (χ0) is 16.0. The number of rotatable bonds is 6. The molecule has 2 saturated carbocycles. The summed E-state index contributed by atoms with van der Waals surface area (Å²) in [4.78, 5) is 14.7. The minimum absolute atomic E-state index is 0.0767. The van der Waals surface area contributed by atoms with Crippen LogP contribution < -0.4 is 5.32 Å². The van der Waals surface area contributed by atoms with Gasteiger partial charge in [-0.2, -0.15) is 0 Å². The minimum atomic E-state index is -1.03. The fourth-order valence-electron chi connectivity index (χ4n) is 2.85. The third-order valence-corrected chi connectivity index (χ3v) is 4.52. The van der Waals surface area contributed by atoms with E-state index >= 15 is 0 Å². The summed E-state index contributed by atoms with van der Waals surface area (Å²) in [7, 11) is 0. The summed E-state index contributed by atoms with van der Waals surface area (Å²) in [6, 6.07) is 8.08. The predicted octanol–water partition coefficient (Wildman–Crippen LogP) is 2.80. The van der Waals surface area contributed by atoms with Crippen LogP contribution in [0.2, 0.25) is 0 Å². The van der Waals surface area contributed by atoms with Gasteiger partial charge in [-0.05, 0) is 61.4 Å². The van der Waals surface area contributed by atoms with Crippen molar-refractivity contribution in [1.29, 1.82) is 0 Å². The average Bonchev–Trinajstić information content (AvgIpc) is 3.44. The number of carboxylic acid groups (broad SMARTS) is 1. The van der Waals surface area contributed by atoms with Crippen molar-refractivity contribution in [2.45, 2.75) is 43.7 Å². The van der Waals surface area contributed by atoms with Crippen molar-refractivity contribution < 1.29 is 15.0 Å². The molecular weight excluding hydrogens is 292 g/mol. The number of aromatic amines is 1. The van der Waals surface area contributed by atoms with Crippen LogP contribution in [0.5, 0.6) is 0 Å². The number of aliphatic carboxylic acids is 1. The van der Waals surface area contributed by atoms with Gasteiger partial charge < -0.3 is 20.5 Å². The first-order valence-electron chi connectivity index (χ1n) is 8.12. The Morgan fingerprint density at radius 2 is 2.04 bits per heavy atom. The molecule has 2 aliphatic rings. The molecule has 5 nitrogen and oxygen atoms in total. The molecule has 0 bridgehead atoms. The summed E-state index contributed by atoms with van der Waals surface area (Å²) in [6.45, 7) is 0. The van der Waals surface area contributed by atoms with Gasteiger partial charge in [-0.25, -0.2) is 4.79 Å². The third kappa shape index (κ3) is 3.10. The first-order valence-corrected chi connectivity index (χ1v) is 8.12. The van der Waals surface area contributed by atoms with Crippen molar-refractivity contribution in [3.63, 3.8) is 0 Å². The van der Waals surface area contributed by atoms with Crippen LogP contribution in [-0.2, 0) is 4.79 Å². The van der Waals surface area contributed by atoms with E-state index in [0.29, 0.717) is 11.5 Å². The Kier molecular flexibility index (Phi) is 3.38. The zero-order valence-corrected chi connectivity index (χ0v) is 12.7. The lowest BCUT2D eigenvalue weighted by Gasteiger charge is -2.10. The van der Waals surface area contributed by atoms with E-state index in [-0.39, 0.29) is 11.7 Å². The molecule has 1 heterocycles. The molecule has 0 aliphatic heterocycles. The maximum absolute atomic E-state index is 11.3. The monoisotopic (exact) mass is 312 g/mol. The quantitative estimate of drug-likeness (QED) is 0.618. The number of hydrogen-bond acceptors (Lipinski definition) is 3. The largest absolute Gasteiger partial charge is 0.477 e. The Morgan fingerprint density at radius 1 is 1.26 bits per heavy atom. The molecule has 0 saturated heterocycles. The van der Waals surface area contributed by atoms with Crippen molar-refractivity contribution in [1.82, 2.24) is 10.3 Å². The Labute approximate surface area is 134 Å². The number of aliphatic hydroxyl groups is 1. The summed E-state index contributed by atoms with van der Waals surface area (Å²) in [5.41, 5.74) is 3.09. The van der Waals surface area contributed by atoms with Gasteiger partial charge in [0.1, 0.15) is 5.70 Å². The molecular formula is C18H20N2O3. The fourth-order valence-corrected chi connectivity index (χ4v) is 2.85. The van der Waals surface area contributed by atoms with Gasteiger partial charge in [-0.3, -0.25) is 0 Å². The number of aliphatic hydroxyl groups excluding tert-OH is 1. The highest BCUT2D eigenvalue weighted by Crippen LogP contribution is 2.40. The van der Waals surface area contributed by atoms with Crippen molar-refractivity contribution in [2.75, 3.05) is 0 Å². The second-order valence-corrected chi connectivity index (χ2v) is 6.59. The van der Waals surface area contributed by atoms with Crippen LogP contribution in [0.15, 0.2) is 36.0 Å². The highest BCUT2D eigenvalue weighted by Gasteiger charge is 2.26. The second kappa shape index (κ2) is 5.42. The molecule has 4 rings (SSSR count). The number of hydrogen-bond donors (Lipinski definition) is 4. The highest BCUT2D eigenvalue weighted by atomic mass is 16.4.